The number of anilines is 1. The maximum Gasteiger partial charge on any atom is 0.257 e. The fraction of sp³-hybridized carbons (Fsp3) is 0.350. The first-order chi connectivity index (χ1) is 13.4. The molecule has 0 spiro atoms. The van der Waals surface area contributed by atoms with Crippen molar-refractivity contribution in [2.45, 2.75) is 6.42 Å². The van der Waals surface area contributed by atoms with Crippen molar-refractivity contribution in [1.82, 2.24) is 15.2 Å². The van der Waals surface area contributed by atoms with Crippen LogP contribution >= 0.6 is 0 Å². The molecule has 0 aliphatic heterocycles. The molecule has 2 aromatic rings. The lowest BCUT2D eigenvalue weighted by molar-refractivity contribution is 0.0952. The van der Waals surface area contributed by atoms with Gasteiger partial charge in [-0.1, -0.05) is 0 Å². The molecule has 0 bridgehead atoms. The molecule has 2 N–H and O–H groups in total. The van der Waals surface area contributed by atoms with Gasteiger partial charge in [0.1, 0.15) is 0 Å². The normalized spacial score (nSPS) is 10.5. The van der Waals surface area contributed by atoms with E-state index in [1.54, 1.807) is 25.3 Å². The molecule has 0 saturated carbocycles. The van der Waals surface area contributed by atoms with E-state index in [0.29, 0.717) is 29.3 Å². The Morgan fingerprint density at radius 3 is 2.32 bits per heavy atom. The number of carbonyl (C=O) groups is 2. The summed E-state index contributed by atoms with van der Waals surface area (Å²) in [5.74, 6) is 0.438. The Kier molecular flexibility index (Phi) is 7.76. The second-order valence-corrected chi connectivity index (χ2v) is 6.40. The summed E-state index contributed by atoms with van der Waals surface area (Å²) < 4.78 is 10.4. The topological polar surface area (TPSA) is 92.8 Å². The molecular formula is C20H26N4O4. The van der Waals surface area contributed by atoms with Crippen LogP contribution < -0.4 is 20.1 Å². The maximum atomic E-state index is 12.5. The highest BCUT2D eigenvalue weighted by Gasteiger charge is 2.13. The first kappa shape index (κ1) is 21.2. The maximum absolute atomic E-state index is 12.5. The molecule has 1 aromatic heterocycles. The summed E-state index contributed by atoms with van der Waals surface area (Å²) in [6.07, 6.45) is 3.69. The number of nitrogens with zero attached hydrogens (tertiary/aromatic N) is 2. The monoisotopic (exact) mass is 386 g/mol. The average molecular weight is 386 g/mol. The molecule has 0 atom stereocenters. The molecule has 2 amide bonds. The quantitative estimate of drug-likeness (QED) is 0.641. The second kappa shape index (κ2) is 10.3. The molecule has 2 rings (SSSR count). The Balaban J connectivity index is 2.02. The van der Waals surface area contributed by atoms with Crippen molar-refractivity contribution in [3.05, 3.63) is 47.8 Å². The molecule has 0 aliphatic carbocycles. The molecule has 1 aromatic carbocycles. The molecule has 8 heteroatoms. The number of pyridine rings is 1. The van der Waals surface area contributed by atoms with Gasteiger partial charge in [-0.15, -0.1) is 0 Å². The minimum atomic E-state index is -0.373. The van der Waals surface area contributed by atoms with Crippen LogP contribution in [0.15, 0.2) is 36.7 Å². The number of hydrogen-bond donors (Lipinski definition) is 2. The minimum Gasteiger partial charge on any atom is -0.493 e. The van der Waals surface area contributed by atoms with Crippen molar-refractivity contribution in [2.75, 3.05) is 46.7 Å². The summed E-state index contributed by atoms with van der Waals surface area (Å²) in [4.78, 5) is 30.8. The van der Waals surface area contributed by atoms with E-state index in [2.05, 4.69) is 15.6 Å². The van der Waals surface area contributed by atoms with E-state index in [1.165, 1.54) is 25.6 Å². The third kappa shape index (κ3) is 5.95. The molecule has 0 unspecified atom stereocenters. The van der Waals surface area contributed by atoms with Gasteiger partial charge in [0.2, 0.25) is 0 Å². The standard InChI is InChI=1S/C20H26N4O4/c1-24(2)9-5-8-22-19(25)14-10-15(13-21-12-14)20(26)23-16-6-7-17(27-3)18(11-16)28-4/h6-7,10-13H,5,8-9H2,1-4H3,(H,22,25)(H,23,26). The predicted molar refractivity (Wildman–Crippen MR) is 107 cm³/mol. The van der Waals surface area contributed by atoms with Crippen molar-refractivity contribution in [1.29, 1.82) is 0 Å². The van der Waals surface area contributed by atoms with Crippen LogP contribution in [0.1, 0.15) is 27.1 Å². The van der Waals surface area contributed by atoms with Crippen LogP contribution in [-0.4, -0.2) is 63.1 Å². The van der Waals surface area contributed by atoms with Gasteiger partial charge in [-0.25, -0.2) is 0 Å². The lowest BCUT2D eigenvalue weighted by Crippen LogP contribution is -2.27. The van der Waals surface area contributed by atoms with Gasteiger partial charge in [0.05, 0.1) is 25.3 Å². The molecule has 8 nitrogen and oxygen atoms in total. The number of hydrogen-bond acceptors (Lipinski definition) is 6. The second-order valence-electron chi connectivity index (χ2n) is 6.40. The summed E-state index contributed by atoms with van der Waals surface area (Å²) in [7, 11) is 7.02. The van der Waals surface area contributed by atoms with E-state index in [0.717, 1.165) is 13.0 Å². The molecule has 0 aliphatic rings. The predicted octanol–water partition coefficient (Wildman–Crippen LogP) is 2.03. The number of amides is 2. The van der Waals surface area contributed by atoms with E-state index >= 15 is 0 Å². The third-order valence-electron chi connectivity index (χ3n) is 3.97. The summed E-state index contributed by atoms with van der Waals surface area (Å²) in [5, 5.41) is 5.59. The highest BCUT2D eigenvalue weighted by Crippen LogP contribution is 2.29. The highest BCUT2D eigenvalue weighted by atomic mass is 16.5. The number of aromatic nitrogens is 1. The Hall–Kier alpha value is -3.13. The van der Waals surface area contributed by atoms with Crippen molar-refractivity contribution >= 4 is 17.5 Å². The Bertz CT molecular complexity index is 824. The van der Waals surface area contributed by atoms with Gasteiger partial charge in [0, 0.05) is 30.7 Å². The number of rotatable bonds is 9. The van der Waals surface area contributed by atoms with Gasteiger partial charge in [-0.2, -0.15) is 0 Å². The van der Waals surface area contributed by atoms with Gasteiger partial charge in [-0.05, 0) is 45.3 Å². The van der Waals surface area contributed by atoms with E-state index in [9.17, 15) is 9.59 Å². The molecular weight excluding hydrogens is 360 g/mol. The number of ether oxygens (including phenoxy) is 2. The first-order valence-electron chi connectivity index (χ1n) is 8.86. The molecule has 1 heterocycles. The van der Waals surface area contributed by atoms with E-state index in [1.807, 2.05) is 19.0 Å². The van der Waals surface area contributed by atoms with Crippen LogP contribution in [0.5, 0.6) is 11.5 Å². The lowest BCUT2D eigenvalue weighted by atomic mass is 10.1. The van der Waals surface area contributed by atoms with Crippen LogP contribution in [0.4, 0.5) is 5.69 Å². The van der Waals surface area contributed by atoms with Gasteiger partial charge in [0.15, 0.2) is 11.5 Å². The van der Waals surface area contributed by atoms with Crippen molar-refractivity contribution in [3.8, 4) is 11.5 Å². The first-order valence-corrected chi connectivity index (χ1v) is 8.86. The van der Waals surface area contributed by atoms with Gasteiger partial charge in [-0.3, -0.25) is 14.6 Å². The largest absolute Gasteiger partial charge is 0.493 e. The molecule has 150 valence electrons. The smallest absolute Gasteiger partial charge is 0.257 e. The van der Waals surface area contributed by atoms with Gasteiger partial charge in [0.25, 0.3) is 11.8 Å². The molecule has 0 radical (unpaired) electrons. The fourth-order valence-electron chi connectivity index (χ4n) is 2.50. The van der Waals surface area contributed by atoms with Crippen LogP contribution in [0.3, 0.4) is 0 Å². The zero-order valence-corrected chi connectivity index (χ0v) is 16.6. The Morgan fingerprint density at radius 1 is 1.00 bits per heavy atom. The van der Waals surface area contributed by atoms with Crippen molar-refractivity contribution in [2.24, 2.45) is 0 Å². The summed E-state index contributed by atoms with van der Waals surface area (Å²) in [6, 6.07) is 6.58. The van der Waals surface area contributed by atoms with Crippen LogP contribution in [0, 0.1) is 0 Å². The SMILES string of the molecule is COc1ccc(NC(=O)c2cncc(C(=O)NCCCN(C)C)c2)cc1OC. The number of benzene rings is 1. The van der Waals surface area contributed by atoms with Crippen molar-refractivity contribution in [3.63, 3.8) is 0 Å². The van der Waals surface area contributed by atoms with Gasteiger partial charge >= 0.3 is 0 Å². The van der Waals surface area contributed by atoms with E-state index in [4.69, 9.17) is 9.47 Å². The zero-order chi connectivity index (χ0) is 20.5. The third-order valence-corrected chi connectivity index (χ3v) is 3.97. The van der Waals surface area contributed by atoms with Crippen molar-refractivity contribution < 1.29 is 19.1 Å². The summed E-state index contributed by atoms with van der Waals surface area (Å²) in [5.41, 5.74) is 1.17. The Morgan fingerprint density at radius 2 is 1.68 bits per heavy atom. The van der Waals surface area contributed by atoms with Crippen LogP contribution in [-0.2, 0) is 0 Å². The number of methoxy groups -OCH3 is 2. The minimum absolute atomic E-state index is 0.257. The van der Waals surface area contributed by atoms with Crippen LogP contribution in [0.25, 0.3) is 0 Å². The zero-order valence-electron chi connectivity index (χ0n) is 16.6. The average Bonchev–Trinajstić information content (AvgIpc) is 2.70. The number of carbonyl (C=O) groups excluding carboxylic acids is 2. The summed E-state index contributed by atoms with van der Waals surface area (Å²) in [6.45, 7) is 1.44. The molecule has 28 heavy (non-hydrogen) atoms. The van der Waals surface area contributed by atoms with Gasteiger partial charge < -0.3 is 25.0 Å². The van der Waals surface area contributed by atoms with Crippen LogP contribution in [0.2, 0.25) is 0 Å². The lowest BCUT2D eigenvalue weighted by Gasteiger charge is -2.11. The highest BCUT2D eigenvalue weighted by molar-refractivity contribution is 6.06. The Labute approximate surface area is 164 Å². The molecule has 0 fully saturated rings. The van der Waals surface area contributed by atoms with E-state index < -0.39 is 0 Å². The fourth-order valence-corrected chi connectivity index (χ4v) is 2.50. The summed E-state index contributed by atoms with van der Waals surface area (Å²) >= 11 is 0. The molecule has 0 saturated heterocycles. The van der Waals surface area contributed by atoms with E-state index in [-0.39, 0.29) is 17.4 Å². The number of nitrogens with one attached hydrogen (secondary N) is 2.